The van der Waals surface area contributed by atoms with Crippen molar-refractivity contribution < 1.29 is 18.0 Å². The number of carbonyl (C=O) groups is 1. The van der Waals surface area contributed by atoms with Crippen molar-refractivity contribution in [3.8, 4) is 0 Å². The third kappa shape index (κ3) is 3.50. The molecule has 0 aromatic carbocycles. The summed E-state index contributed by atoms with van der Waals surface area (Å²) in [6.45, 7) is 2.93. The van der Waals surface area contributed by atoms with Crippen molar-refractivity contribution in [1.29, 1.82) is 0 Å². The molecular weight excluding hydrogens is 318 g/mol. The molecule has 0 saturated carbocycles. The molecule has 5 nitrogen and oxygen atoms in total. The third-order valence-electron chi connectivity index (χ3n) is 4.76. The van der Waals surface area contributed by atoms with Crippen LogP contribution in [0.4, 0.5) is 8.78 Å². The van der Waals surface area contributed by atoms with Gasteiger partial charge in [-0.25, -0.2) is 13.6 Å². The number of nitrogens with zero attached hydrogens (tertiary/aromatic N) is 1. The van der Waals surface area contributed by atoms with Gasteiger partial charge in [0.25, 0.3) is 11.8 Å². The average molecular weight is 340 g/mol. The molecular formula is C17H22F2N2O3. The lowest BCUT2D eigenvalue weighted by Crippen LogP contribution is -2.47. The summed E-state index contributed by atoms with van der Waals surface area (Å²) in [6.07, 6.45) is 1.92. The van der Waals surface area contributed by atoms with Crippen LogP contribution in [0.15, 0.2) is 15.3 Å². The standard InChI is InChI=1S/C17H22F2N2O3/c1-11-8-13(12-4-2-6-20-9-12)24-16(23)14(11)15(22)21-7-3-5-17(18,19)10-21/h8,12,20H,2-7,9-10H2,1H3. The number of alkyl halides is 2. The Morgan fingerprint density at radius 3 is 2.83 bits per heavy atom. The number of likely N-dealkylation sites (tertiary alicyclic amines) is 1. The molecule has 1 amide bonds. The number of piperidine rings is 2. The largest absolute Gasteiger partial charge is 0.427 e. The van der Waals surface area contributed by atoms with Crippen molar-refractivity contribution in [3.05, 3.63) is 33.4 Å². The second kappa shape index (κ2) is 6.63. The van der Waals surface area contributed by atoms with Gasteiger partial charge in [-0.15, -0.1) is 0 Å². The fraction of sp³-hybridized carbons (Fsp3) is 0.647. The number of aryl methyl sites for hydroxylation is 1. The highest BCUT2D eigenvalue weighted by Gasteiger charge is 2.38. The Kier molecular flexibility index (Phi) is 4.71. The van der Waals surface area contributed by atoms with Gasteiger partial charge in [-0.05, 0) is 44.4 Å². The summed E-state index contributed by atoms with van der Waals surface area (Å²) in [5.74, 6) is -2.89. The molecule has 0 spiro atoms. The van der Waals surface area contributed by atoms with Gasteiger partial charge < -0.3 is 14.6 Å². The zero-order valence-corrected chi connectivity index (χ0v) is 13.7. The van der Waals surface area contributed by atoms with E-state index < -0.39 is 24.0 Å². The lowest BCUT2D eigenvalue weighted by Gasteiger charge is -2.32. The van der Waals surface area contributed by atoms with E-state index in [2.05, 4.69) is 5.32 Å². The zero-order valence-electron chi connectivity index (χ0n) is 13.7. The lowest BCUT2D eigenvalue weighted by molar-refractivity contribution is -0.0561. The summed E-state index contributed by atoms with van der Waals surface area (Å²) in [6, 6.07) is 1.70. The zero-order chi connectivity index (χ0) is 17.3. The topological polar surface area (TPSA) is 62.6 Å². The van der Waals surface area contributed by atoms with Crippen LogP contribution < -0.4 is 10.9 Å². The molecule has 24 heavy (non-hydrogen) atoms. The van der Waals surface area contributed by atoms with Gasteiger partial charge in [-0.3, -0.25) is 4.79 Å². The molecule has 1 aromatic heterocycles. The molecule has 2 aliphatic rings. The first-order valence-electron chi connectivity index (χ1n) is 8.40. The molecule has 132 valence electrons. The third-order valence-corrected chi connectivity index (χ3v) is 4.76. The summed E-state index contributed by atoms with van der Waals surface area (Å²) < 4.78 is 32.4. The second-order valence-electron chi connectivity index (χ2n) is 6.72. The predicted octanol–water partition coefficient (Wildman–Crippen LogP) is 2.29. The minimum Gasteiger partial charge on any atom is -0.427 e. The molecule has 1 atom stereocenters. The van der Waals surface area contributed by atoms with E-state index in [-0.39, 0.29) is 30.9 Å². The Morgan fingerprint density at radius 1 is 1.42 bits per heavy atom. The number of carbonyl (C=O) groups excluding carboxylic acids is 1. The summed E-state index contributed by atoms with van der Waals surface area (Å²) in [4.78, 5) is 25.9. The van der Waals surface area contributed by atoms with Crippen LogP contribution >= 0.6 is 0 Å². The molecule has 3 heterocycles. The van der Waals surface area contributed by atoms with Gasteiger partial charge in [0.15, 0.2) is 0 Å². The molecule has 0 bridgehead atoms. The van der Waals surface area contributed by atoms with Crippen molar-refractivity contribution in [1.82, 2.24) is 10.2 Å². The first kappa shape index (κ1) is 17.1. The monoisotopic (exact) mass is 340 g/mol. The van der Waals surface area contributed by atoms with E-state index in [1.165, 1.54) is 0 Å². The van der Waals surface area contributed by atoms with Gasteiger partial charge in [0.1, 0.15) is 11.3 Å². The number of amides is 1. The Balaban J connectivity index is 1.85. The molecule has 7 heteroatoms. The Labute approximate surface area is 139 Å². The molecule has 1 unspecified atom stereocenters. The smallest absolute Gasteiger partial charge is 0.349 e. The van der Waals surface area contributed by atoms with E-state index in [1.54, 1.807) is 13.0 Å². The maximum absolute atomic E-state index is 13.5. The number of hydrogen-bond donors (Lipinski definition) is 1. The van der Waals surface area contributed by atoms with E-state index in [9.17, 15) is 18.4 Å². The van der Waals surface area contributed by atoms with E-state index in [1.807, 2.05) is 0 Å². The number of hydrogen-bond acceptors (Lipinski definition) is 4. The Morgan fingerprint density at radius 2 is 2.21 bits per heavy atom. The van der Waals surface area contributed by atoms with Crippen molar-refractivity contribution in [2.24, 2.45) is 0 Å². The molecule has 1 aromatic rings. The van der Waals surface area contributed by atoms with Gasteiger partial charge in [0.2, 0.25) is 0 Å². The van der Waals surface area contributed by atoms with E-state index >= 15 is 0 Å². The van der Waals surface area contributed by atoms with Crippen molar-refractivity contribution in [2.45, 2.75) is 44.4 Å². The van der Waals surface area contributed by atoms with Gasteiger partial charge in [-0.1, -0.05) is 0 Å². The minimum absolute atomic E-state index is 0.105. The molecule has 0 radical (unpaired) electrons. The number of nitrogens with one attached hydrogen (secondary N) is 1. The average Bonchev–Trinajstić information content (AvgIpc) is 2.54. The lowest BCUT2D eigenvalue weighted by atomic mass is 9.95. The molecule has 2 fully saturated rings. The first-order valence-corrected chi connectivity index (χ1v) is 8.40. The molecule has 2 saturated heterocycles. The quantitative estimate of drug-likeness (QED) is 0.897. The Hall–Kier alpha value is -1.76. The highest BCUT2D eigenvalue weighted by atomic mass is 19.3. The molecule has 0 aliphatic carbocycles. The van der Waals surface area contributed by atoms with Crippen molar-refractivity contribution >= 4 is 5.91 Å². The van der Waals surface area contributed by atoms with Gasteiger partial charge in [0, 0.05) is 25.4 Å². The van der Waals surface area contributed by atoms with Crippen molar-refractivity contribution in [2.75, 3.05) is 26.2 Å². The minimum atomic E-state index is -2.89. The fourth-order valence-corrected chi connectivity index (χ4v) is 3.48. The van der Waals surface area contributed by atoms with Crippen LogP contribution in [0.1, 0.15) is 53.3 Å². The Bertz CT molecular complexity index is 681. The van der Waals surface area contributed by atoms with Gasteiger partial charge >= 0.3 is 5.63 Å². The van der Waals surface area contributed by atoms with Crippen LogP contribution in [0.3, 0.4) is 0 Å². The van der Waals surface area contributed by atoms with Crippen LogP contribution in [0.25, 0.3) is 0 Å². The highest BCUT2D eigenvalue weighted by molar-refractivity contribution is 5.95. The SMILES string of the molecule is Cc1cc(C2CCCNC2)oc(=O)c1C(=O)N1CCCC(F)(F)C1. The van der Waals surface area contributed by atoms with E-state index in [4.69, 9.17) is 4.42 Å². The molecule has 3 rings (SSSR count). The van der Waals surface area contributed by atoms with Crippen LogP contribution in [0.5, 0.6) is 0 Å². The van der Waals surface area contributed by atoms with Crippen molar-refractivity contribution in [3.63, 3.8) is 0 Å². The van der Waals surface area contributed by atoms with Crippen LogP contribution in [0, 0.1) is 6.92 Å². The summed E-state index contributed by atoms with van der Waals surface area (Å²) in [7, 11) is 0. The highest BCUT2D eigenvalue weighted by Crippen LogP contribution is 2.28. The predicted molar refractivity (Wildman–Crippen MR) is 84.6 cm³/mol. The number of halogens is 2. The first-order chi connectivity index (χ1) is 11.4. The normalized spacial score (nSPS) is 24.0. The van der Waals surface area contributed by atoms with Gasteiger partial charge in [0.05, 0.1) is 6.54 Å². The number of rotatable bonds is 2. The summed E-state index contributed by atoms with van der Waals surface area (Å²) in [5, 5.41) is 3.25. The van der Waals surface area contributed by atoms with E-state index in [0.717, 1.165) is 30.8 Å². The fourth-order valence-electron chi connectivity index (χ4n) is 3.48. The van der Waals surface area contributed by atoms with E-state index in [0.29, 0.717) is 11.3 Å². The molecule has 2 aliphatic heterocycles. The van der Waals surface area contributed by atoms with Crippen LogP contribution in [-0.4, -0.2) is 42.9 Å². The maximum Gasteiger partial charge on any atom is 0.349 e. The van der Waals surface area contributed by atoms with Crippen LogP contribution in [-0.2, 0) is 0 Å². The van der Waals surface area contributed by atoms with Crippen LogP contribution in [0.2, 0.25) is 0 Å². The van der Waals surface area contributed by atoms with Gasteiger partial charge in [-0.2, -0.15) is 0 Å². The maximum atomic E-state index is 13.5. The summed E-state index contributed by atoms with van der Waals surface area (Å²) >= 11 is 0. The summed E-state index contributed by atoms with van der Waals surface area (Å²) in [5.41, 5.74) is -0.361. The second-order valence-corrected chi connectivity index (χ2v) is 6.72. The molecule has 1 N–H and O–H groups in total.